The molecule has 0 atom stereocenters. The fourth-order valence-corrected chi connectivity index (χ4v) is 2.07. The molecule has 97 valence electrons. The molecule has 2 N–H and O–H groups in total. The van der Waals surface area contributed by atoms with Crippen LogP contribution in [0.25, 0.3) is 6.08 Å². The number of fused-ring (bicyclic) bond motifs is 1. The number of carbonyl (C=O) groups is 1. The molecule has 1 aliphatic carbocycles. The van der Waals surface area contributed by atoms with E-state index < -0.39 is 5.91 Å². The Morgan fingerprint density at radius 3 is 2.42 bits per heavy atom. The van der Waals surface area contributed by atoms with Gasteiger partial charge in [-0.25, -0.2) is 5.48 Å². The molecular formula is C13H15NNaO4. The number of rotatable bonds is 3. The molecule has 0 heterocycles. The van der Waals surface area contributed by atoms with Gasteiger partial charge in [0.15, 0.2) is 11.5 Å². The van der Waals surface area contributed by atoms with Gasteiger partial charge in [0.1, 0.15) is 0 Å². The molecule has 5 nitrogen and oxygen atoms in total. The number of nitrogens with one attached hydrogen (secondary N) is 1. The molecule has 1 aromatic carbocycles. The number of methoxy groups -OCH3 is 2. The predicted molar refractivity (Wildman–Crippen MR) is 71.5 cm³/mol. The van der Waals surface area contributed by atoms with Gasteiger partial charge in [-0.3, -0.25) is 10.0 Å². The van der Waals surface area contributed by atoms with Crippen molar-refractivity contribution in [3.8, 4) is 11.5 Å². The summed E-state index contributed by atoms with van der Waals surface area (Å²) in [6.45, 7) is 0. The van der Waals surface area contributed by atoms with Crippen molar-refractivity contribution < 1.29 is 19.5 Å². The topological polar surface area (TPSA) is 67.8 Å². The molecule has 0 aromatic heterocycles. The first-order valence-electron chi connectivity index (χ1n) is 5.59. The average molecular weight is 272 g/mol. The van der Waals surface area contributed by atoms with E-state index in [0.717, 1.165) is 17.5 Å². The van der Waals surface area contributed by atoms with Crippen LogP contribution in [0.5, 0.6) is 11.5 Å². The fourth-order valence-electron chi connectivity index (χ4n) is 2.07. The molecule has 6 heteroatoms. The fraction of sp³-hybridized carbons (Fsp3) is 0.308. The quantitative estimate of drug-likeness (QED) is 0.492. The Bertz CT molecular complexity index is 514. The van der Waals surface area contributed by atoms with Gasteiger partial charge in [0, 0.05) is 35.1 Å². The zero-order valence-corrected chi connectivity index (χ0v) is 13.3. The van der Waals surface area contributed by atoms with Crippen LogP contribution in [-0.4, -0.2) is 54.9 Å². The second-order valence-corrected chi connectivity index (χ2v) is 4.02. The van der Waals surface area contributed by atoms with Crippen LogP contribution in [-0.2, 0) is 11.2 Å². The number of hydroxylamine groups is 1. The number of aryl methyl sites for hydroxylation is 1. The molecular weight excluding hydrogens is 257 g/mol. The van der Waals surface area contributed by atoms with Gasteiger partial charge >= 0.3 is 0 Å². The van der Waals surface area contributed by atoms with Crippen molar-refractivity contribution >= 4 is 41.5 Å². The molecule has 2 rings (SSSR count). The smallest absolute Gasteiger partial charge is 0.270 e. The van der Waals surface area contributed by atoms with Crippen LogP contribution in [0.3, 0.4) is 0 Å². The maximum Gasteiger partial charge on any atom is 0.270 e. The van der Waals surface area contributed by atoms with Crippen molar-refractivity contribution in [3.05, 3.63) is 28.8 Å². The first-order valence-corrected chi connectivity index (χ1v) is 5.59. The van der Waals surface area contributed by atoms with E-state index in [2.05, 4.69) is 0 Å². The van der Waals surface area contributed by atoms with Crippen LogP contribution in [0, 0.1) is 0 Å². The Labute approximate surface area is 133 Å². The van der Waals surface area contributed by atoms with E-state index >= 15 is 0 Å². The zero-order chi connectivity index (χ0) is 13.1. The monoisotopic (exact) mass is 272 g/mol. The molecule has 0 saturated heterocycles. The van der Waals surface area contributed by atoms with Gasteiger partial charge in [-0.15, -0.1) is 0 Å². The maximum absolute atomic E-state index is 11.4. The summed E-state index contributed by atoms with van der Waals surface area (Å²) in [6, 6.07) is 3.75. The molecule has 1 amide bonds. The summed E-state index contributed by atoms with van der Waals surface area (Å²) in [6.07, 6.45) is 3.08. The first kappa shape index (κ1) is 16.0. The summed E-state index contributed by atoms with van der Waals surface area (Å²) in [5, 5.41) is 8.63. The first-order chi connectivity index (χ1) is 8.69. The van der Waals surface area contributed by atoms with Crippen LogP contribution in [0.2, 0.25) is 0 Å². The summed E-state index contributed by atoms with van der Waals surface area (Å²) in [5.74, 6) is 0.841. The molecule has 1 radical (unpaired) electrons. The van der Waals surface area contributed by atoms with Gasteiger partial charge in [-0.2, -0.15) is 0 Å². The molecule has 19 heavy (non-hydrogen) atoms. The molecule has 0 fully saturated rings. The minimum atomic E-state index is -0.463. The van der Waals surface area contributed by atoms with Crippen molar-refractivity contribution in [1.29, 1.82) is 0 Å². The van der Waals surface area contributed by atoms with Gasteiger partial charge in [0.25, 0.3) is 5.91 Å². The molecule has 0 unspecified atom stereocenters. The Hall–Kier alpha value is -1.01. The number of hydrogen-bond donors (Lipinski definition) is 2. The third-order valence-corrected chi connectivity index (χ3v) is 3.03. The SMILES string of the molecule is COc1cc2c(cc1OC)CCC(C(=O)NO)=C2.[Na]. The number of carbonyl (C=O) groups excluding carboxylic acids is 1. The van der Waals surface area contributed by atoms with Crippen molar-refractivity contribution in [3.63, 3.8) is 0 Å². The number of hydrogen-bond acceptors (Lipinski definition) is 4. The maximum atomic E-state index is 11.4. The van der Waals surface area contributed by atoms with E-state index in [1.807, 2.05) is 12.1 Å². The summed E-state index contributed by atoms with van der Waals surface area (Å²) in [4.78, 5) is 11.4. The predicted octanol–water partition coefficient (Wildman–Crippen LogP) is 1.16. The van der Waals surface area contributed by atoms with Gasteiger partial charge < -0.3 is 9.47 Å². The minimum absolute atomic E-state index is 0. The molecule has 0 aliphatic heterocycles. The molecule has 0 spiro atoms. The molecule has 1 aliphatic rings. The Kier molecular flexibility index (Phi) is 5.87. The standard InChI is InChI=1S/C13H15NO4.Na/c1-17-11-6-8-3-4-9(13(15)14-16)5-10(8)7-12(11)18-2;/h5-7,16H,3-4H2,1-2H3,(H,14,15);. The second kappa shape index (κ2) is 6.96. The van der Waals surface area contributed by atoms with Crippen molar-refractivity contribution in [2.75, 3.05) is 14.2 Å². The summed E-state index contributed by atoms with van der Waals surface area (Å²) in [5.41, 5.74) is 4.22. The van der Waals surface area contributed by atoms with Gasteiger partial charge in [-0.05, 0) is 42.2 Å². The second-order valence-electron chi connectivity index (χ2n) is 4.02. The number of benzene rings is 1. The van der Waals surface area contributed by atoms with Crippen LogP contribution >= 0.6 is 0 Å². The largest absolute Gasteiger partial charge is 0.493 e. The molecule has 0 saturated carbocycles. The number of amides is 1. The van der Waals surface area contributed by atoms with E-state index in [4.69, 9.17) is 14.7 Å². The van der Waals surface area contributed by atoms with Crippen molar-refractivity contribution in [1.82, 2.24) is 5.48 Å². The molecule has 1 aromatic rings. The van der Waals surface area contributed by atoms with E-state index in [-0.39, 0.29) is 29.6 Å². The van der Waals surface area contributed by atoms with Gasteiger partial charge in [0.05, 0.1) is 14.2 Å². The minimum Gasteiger partial charge on any atom is -0.493 e. The van der Waals surface area contributed by atoms with Crippen LogP contribution in [0.1, 0.15) is 17.5 Å². The van der Waals surface area contributed by atoms with Gasteiger partial charge in [-0.1, -0.05) is 0 Å². The van der Waals surface area contributed by atoms with Crippen LogP contribution < -0.4 is 15.0 Å². The van der Waals surface area contributed by atoms with E-state index in [9.17, 15) is 4.79 Å². The van der Waals surface area contributed by atoms with E-state index in [1.165, 1.54) is 0 Å². The zero-order valence-electron chi connectivity index (χ0n) is 11.3. The normalized spacial score (nSPS) is 12.7. The van der Waals surface area contributed by atoms with Gasteiger partial charge in [0.2, 0.25) is 0 Å². The van der Waals surface area contributed by atoms with Crippen molar-refractivity contribution in [2.24, 2.45) is 0 Å². The Morgan fingerprint density at radius 2 is 1.84 bits per heavy atom. The Balaban J connectivity index is 0.00000180. The van der Waals surface area contributed by atoms with Crippen molar-refractivity contribution in [2.45, 2.75) is 12.8 Å². The van der Waals surface area contributed by atoms with Crippen LogP contribution in [0.4, 0.5) is 0 Å². The summed E-state index contributed by atoms with van der Waals surface area (Å²) >= 11 is 0. The number of ether oxygens (including phenoxy) is 2. The third kappa shape index (κ3) is 3.30. The van der Waals surface area contributed by atoms with E-state index in [0.29, 0.717) is 23.5 Å². The summed E-state index contributed by atoms with van der Waals surface area (Å²) in [7, 11) is 3.16. The average Bonchev–Trinajstić information content (AvgIpc) is 2.44. The Morgan fingerprint density at radius 1 is 1.21 bits per heavy atom. The molecule has 0 bridgehead atoms. The third-order valence-electron chi connectivity index (χ3n) is 3.03. The summed E-state index contributed by atoms with van der Waals surface area (Å²) < 4.78 is 10.5. The van der Waals surface area contributed by atoms with Crippen LogP contribution in [0.15, 0.2) is 17.7 Å². The van der Waals surface area contributed by atoms with E-state index in [1.54, 1.807) is 25.8 Å².